The van der Waals surface area contributed by atoms with Crippen LogP contribution in [0.1, 0.15) is 25.7 Å². The first-order valence-corrected chi connectivity index (χ1v) is 5.89. The zero-order valence-electron chi connectivity index (χ0n) is 9.73. The molecule has 0 atom stereocenters. The summed E-state index contributed by atoms with van der Waals surface area (Å²) in [7, 11) is 0. The Morgan fingerprint density at radius 3 is 2.75 bits per heavy atom. The lowest BCUT2D eigenvalue weighted by atomic mass is 10.1. The predicted octanol–water partition coefficient (Wildman–Crippen LogP) is 0.953. The third-order valence-corrected chi connectivity index (χ3v) is 2.80. The van der Waals surface area contributed by atoms with Gasteiger partial charge < -0.3 is 14.7 Å². The van der Waals surface area contributed by atoms with E-state index in [-0.39, 0.29) is 18.6 Å². The Hall–Kier alpha value is -0.870. The number of carbonyl (C=O) groups excluding carboxylic acids is 1. The van der Waals surface area contributed by atoms with Gasteiger partial charge in [0.15, 0.2) is 0 Å². The maximum atomic E-state index is 11.7. The molecule has 0 spiro atoms. The zero-order chi connectivity index (χ0) is 11.8. The molecule has 0 aromatic heterocycles. The summed E-state index contributed by atoms with van der Waals surface area (Å²) in [5, 5.41) is 8.64. The van der Waals surface area contributed by atoms with Gasteiger partial charge in [-0.25, -0.2) is 0 Å². The highest BCUT2D eigenvalue weighted by Gasteiger charge is 2.22. The van der Waals surface area contributed by atoms with E-state index in [2.05, 4.69) is 6.58 Å². The first kappa shape index (κ1) is 13.2. The van der Waals surface area contributed by atoms with E-state index in [0.717, 1.165) is 32.4 Å². The Kier molecular flexibility index (Phi) is 6.11. The number of piperidine rings is 1. The van der Waals surface area contributed by atoms with E-state index in [0.29, 0.717) is 13.0 Å². The molecule has 1 amide bonds. The van der Waals surface area contributed by atoms with Gasteiger partial charge in [-0.2, -0.15) is 0 Å². The van der Waals surface area contributed by atoms with E-state index in [1.165, 1.54) is 0 Å². The van der Waals surface area contributed by atoms with Crippen molar-refractivity contribution in [3.63, 3.8) is 0 Å². The van der Waals surface area contributed by atoms with Gasteiger partial charge in [-0.3, -0.25) is 4.79 Å². The topological polar surface area (TPSA) is 49.8 Å². The van der Waals surface area contributed by atoms with Crippen LogP contribution >= 0.6 is 0 Å². The number of amides is 1. The third kappa shape index (κ3) is 4.33. The van der Waals surface area contributed by atoms with E-state index >= 15 is 0 Å². The van der Waals surface area contributed by atoms with Gasteiger partial charge in [0.2, 0.25) is 5.91 Å². The SMILES string of the molecule is C=CCCC(=O)N1CCC(OCCO)CC1. The van der Waals surface area contributed by atoms with Crippen molar-refractivity contribution in [1.29, 1.82) is 0 Å². The number of allylic oxidation sites excluding steroid dienone is 1. The van der Waals surface area contributed by atoms with Crippen molar-refractivity contribution in [2.24, 2.45) is 0 Å². The molecule has 1 saturated heterocycles. The first-order chi connectivity index (χ1) is 7.77. The van der Waals surface area contributed by atoms with Crippen LogP contribution in [-0.4, -0.2) is 48.3 Å². The van der Waals surface area contributed by atoms with Crippen LogP contribution in [0.15, 0.2) is 12.7 Å². The van der Waals surface area contributed by atoms with Gasteiger partial charge in [-0.15, -0.1) is 6.58 Å². The number of aliphatic hydroxyl groups excluding tert-OH is 1. The molecule has 0 radical (unpaired) electrons. The van der Waals surface area contributed by atoms with Crippen molar-refractivity contribution in [2.75, 3.05) is 26.3 Å². The summed E-state index contributed by atoms with van der Waals surface area (Å²) < 4.78 is 5.44. The maximum Gasteiger partial charge on any atom is 0.222 e. The summed E-state index contributed by atoms with van der Waals surface area (Å²) in [4.78, 5) is 13.6. The summed E-state index contributed by atoms with van der Waals surface area (Å²) in [6.07, 6.45) is 5.04. The minimum Gasteiger partial charge on any atom is -0.394 e. The van der Waals surface area contributed by atoms with E-state index in [4.69, 9.17) is 9.84 Å². The van der Waals surface area contributed by atoms with Crippen molar-refractivity contribution < 1.29 is 14.6 Å². The molecular weight excluding hydrogens is 206 g/mol. The average Bonchev–Trinajstić information content (AvgIpc) is 2.34. The maximum absolute atomic E-state index is 11.7. The lowest BCUT2D eigenvalue weighted by molar-refractivity contribution is -0.133. The fourth-order valence-corrected chi connectivity index (χ4v) is 1.87. The van der Waals surface area contributed by atoms with Crippen LogP contribution in [0.25, 0.3) is 0 Å². The molecule has 1 heterocycles. The molecule has 4 heteroatoms. The Morgan fingerprint density at radius 1 is 1.50 bits per heavy atom. The van der Waals surface area contributed by atoms with Gasteiger partial charge >= 0.3 is 0 Å². The highest BCUT2D eigenvalue weighted by molar-refractivity contribution is 5.76. The van der Waals surface area contributed by atoms with Crippen molar-refractivity contribution in [1.82, 2.24) is 4.90 Å². The number of nitrogens with zero attached hydrogens (tertiary/aromatic N) is 1. The van der Waals surface area contributed by atoms with Crippen LogP contribution in [0.4, 0.5) is 0 Å². The second kappa shape index (κ2) is 7.41. The fourth-order valence-electron chi connectivity index (χ4n) is 1.87. The summed E-state index contributed by atoms with van der Waals surface area (Å²) in [5.74, 6) is 0.209. The molecule has 0 unspecified atom stereocenters. The first-order valence-electron chi connectivity index (χ1n) is 5.89. The largest absolute Gasteiger partial charge is 0.394 e. The van der Waals surface area contributed by atoms with Gasteiger partial charge in [0.05, 0.1) is 19.3 Å². The summed E-state index contributed by atoms with van der Waals surface area (Å²) in [6, 6.07) is 0. The number of carbonyl (C=O) groups is 1. The van der Waals surface area contributed by atoms with Gasteiger partial charge in [0, 0.05) is 19.5 Å². The monoisotopic (exact) mass is 227 g/mol. The minimum absolute atomic E-state index is 0.0679. The zero-order valence-corrected chi connectivity index (χ0v) is 9.73. The number of rotatable bonds is 6. The van der Waals surface area contributed by atoms with Crippen molar-refractivity contribution in [3.05, 3.63) is 12.7 Å². The standard InChI is InChI=1S/C12H21NO3/c1-2-3-4-12(15)13-7-5-11(6-8-13)16-10-9-14/h2,11,14H,1,3-10H2. The molecule has 0 aromatic carbocycles. The molecule has 1 aliphatic heterocycles. The summed E-state index contributed by atoms with van der Waals surface area (Å²) >= 11 is 0. The van der Waals surface area contributed by atoms with E-state index < -0.39 is 0 Å². The third-order valence-electron chi connectivity index (χ3n) is 2.80. The highest BCUT2D eigenvalue weighted by atomic mass is 16.5. The van der Waals surface area contributed by atoms with Crippen LogP contribution in [-0.2, 0) is 9.53 Å². The number of likely N-dealkylation sites (tertiary alicyclic amines) is 1. The summed E-state index contributed by atoms with van der Waals surface area (Å²) in [6.45, 7) is 5.61. The molecule has 1 N–H and O–H groups in total. The van der Waals surface area contributed by atoms with Crippen molar-refractivity contribution in [3.8, 4) is 0 Å². The highest BCUT2D eigenvalue weighted by Crippen LogP contribution is 2.14. The molecule has 0 aromatic rings. The molecule has 16 heavy (non-hydrogen) atoms. The smallest absolute Gasteiger partial charge is 0.222 e. The van der Waals surface area contributed by atoms with Gasteiger partial charge in [-0.05, 0) is 19.3 Å². The molecule has 1 rings (SSSR count). The molecule has 0 bridgehead atoms. The van der Waals surface area contributed by atoms with Crippen LogP contribution in [0, 0.1) is 0 Å². The fraction of sp³-hybridized carbons (Fsp3) is 0.750. The molecule has 1 aliphatic rings. The van der Waals surface area contributed by atoms with Crippen LogP contribution in [0.3, 0.4) is 0 Å². The van der Waals surface area contributed by atoms with E-state index in [1.54, 1.807) is 6.08 Å². The average molecular weight is 227 g/mol. The van der Waals surface area contributed by atoms with Gasteiger partial charge in [0.1, 0.15) is 0 Å². The second-order valence-electron chi connectivity index (χ2n) is 4.00. The van der Waals surface area contributed by atoms with Crippen LogP contribution in [0.2, 0.25) is 0 Å². The lowest BCUT2D eigenvalue weighted by Crippen LogP contribution is -2.40. The second-order valence-corrected chi connectivity index (χ2v) is 4.00. The number of hydrogen-bond donors (Lipinski definition) is 1. The van der Waals surface area contributed by atoms with E-state index in [1.807, 2.05) is 4.90 Å². The van der Waals surface area contributed by atoms with Gasteiger partial charge in [-0.1, -0.05) is 6.08 Å². The molecule has 92 valence electrons. The minimum atomic E-state index is 0.0679. The van der Waals surface area contributed by atoms with Crippen LogP contribution < -0.4 is 0 Å². The normalized spacial score (nSPS) is 17.4. The van der Waals surface area contributed by atoms with Crippen LogP contribution in [0.5, 0.6) is 0 Å². The van der Waals surface area contributed by atoms with E-state index in [9.17, 15) is 4.79 Å². The Labute approximate surface area is 96.9 Å². The van der Waals surface area contributed by atoms with Gasteiger partial charge in [0.25, 0.3) is 0 Å². The molecule has 0 saturated carbocycles. The van der Waals surface area contributed by atoms with Crippen molar-refractivity contribution >= 4 is 5.91 Å². The molecule has 0 aliphatic carbocycles. The predicted molar refractivity (Wildman–Crippen MR) is 62.1 cm³/mol. The van der Waals surface area contributed by atoms with Crippen molar-refractivity contribution in [2.45, 2.75) is 31.8 Å². The molecule has 1 fully saturated rings. The number of aliphatic hydroxyl groups is 1. The molecular formula is C12H21NO3. The number of hydrogen-bond acceptors (Lipinski definition) is 3. The Bertz CT molecular complexity index is 222. The Morgan fingerprint density at radius 2 is 2.19 bits per heavy atom. The Balaban J connectivity index is 2.20. The number of ether oxygens (including phenoxy) is 1. The molecule has 4 nitrogen and oxygen atoms in total. The quantitative estimate of drug-likeness (QED) is 0.687. The summed E-state index contributed by atoms with van der Waals surface area (Å²) in [5.41, 5.74) is 0. The lowest BCUT2D eigenvalue weighted by Gasteiger charge is -2.31.